The monoisotopic (exact) mass is 482 g/mol. The van der Waals surface area contributed by atoms with Crippen molar-refractivity contribution in [1.29, 1.82) is 0 Å². The van der Waals surface area contributed by atoms with Crippen molar-refractivity contribution >= 4 is 41.5 Å². The van der Waals surface area contributed by atoms with Gasteiger partial charge in [0.2, 0.25) is 0 Å². The third kappa shape index (κ3) is 9.48. The van der Waals surface area contributed by atoms with Gasteiger partial charge in [-0.3, -0.25) is 9.89 Å². The largest absolute Gasteiger partial charge is 0.492 e. The van der Waals surface area contributed by atoms with Crippen LogP contribution in [0.1, 0.15) is 6.92 Å². The molecule has 6 nitrogen and oxygen atoms in total. The molecule has 0 atom stereocenters. The molecule has 0 amide bonds. The highest BCUT2D eigenvalue weighted by Gasteiger charge is 2.09. The second kappa shape index (κ2) is 13.4. The topological polar surface area (TPSA) is 58.1 Å². The van der Waals surface area contributed by atoms with Crippen LogP contribution in [0.5, 0.6) is 5.75 Å². The molecule has 25 heavy (non-hydrogen) atoms. The number of rotatable bonds is 8. The summed E-state index contributed by atoms with van der Waals surface area (Å²) in [4.78, 5) is 6.98. The lowest BCUT2D eigenvalue weighted by atomic mass is 10.3. The van der Waals surface area contributed by atoms with Gasteiger partial charge in [0.25, 0.3) is 0 Å². The minimum Gasteiger partial charge on any atom is -0.492 e. The van der Waals surface area contributed by atoms with Crippen LogP contribution in [0.3, 0.4) is 0 Å². The summed E-state index contributed by atoms with van der Waals surface area (Å²) >= 11 is 5.93. The minimum absolute atomic E-state index is 0. The highest BCUT2D eigenvalue weighted by atomic mass is 127. The molecule has 0 saturated carbocycles. The van der Waals surface area contributed by atoms with Crippen molar-refractivity contribution in [3.63, 3.8) is 0 Å². The fourth-order valence-electron chi connectivity index (χ4n) is 2.36. The second-order valence-electron chi connectivity index (χ2n) is 5.45. The van der Waals surface area contributed by atoms with Gasteiger partial charge < -0.3 is 20.1 Å². The number of halogens is 2. The predicted octanol–water partition coefficient (Wildman–Crippen LogP) is 2.22. The van der Waals surface area contributed by atoms with E-state index < -0.39 is 0 Å². The molecule has 8 heteroatoms. The molecular weight excluding hydrogens is 455 g/mol. The molecule has 142 valence electrons. The van der Waals surface area contributed by atoms with Crippen molar-refractivity contribution in [1.82, 2.24) is 15.5 Å². The van der Waals surface area contributed by atoms with Crippen LogP contribution in [0.2, 0.25) is 5.02 Å². The lowest BCUT2D eigenvalue weighted by Crippen LogP contribution is -2.41. The summed E-state index contributed by atoms with van der Waals surface area (Å²) < 4.78 is 11.0. The minimum atomic E-state index is 0. The molecule has 1 heterocycles. The first-order valence-corrected chi connectivity index (χ1v) is 8.86. The summed E-state index contributed by atoms with van der Waals surface area (Å²) in [5, 5.41) is 7.21. The Labute approximate surface area is 172 Å². The van der Waals surface area contributed by atoms with Crippen LogP contribution < -0.4 is 15.4 Å². The molecule has 0 bridgehead atoms. The molecule has 0 aromatic heterocycles. The number of hydrogen-bond acceptors (Lipinski definition) is 4. The fraction of sp³-hybridized carbons (Fsp3) is 0.588. The summed E-state index contributed by atoms with van der Waals surface area (Å²) in [6.45, 7) is 9.47. The lowest BCUT2D eigenvalue weighted by Gasteiger charge is -2.25. The maximum atomic E-state index is 5.93. The number of hydrogen-bond donors (Lipinski definition) is 2. The smallest absolute Gasteiger partial charge is 0.191 e. The van der Waals surface area contributed by atoms with Crippen molar-refractivity contribution in [3.05, 3.63) is 29.3 Å². The third-order valence-electron chi connectivity index (χ3n) is 3.59. The summed E-state index contributed by atoms with van der Waals surface area (Å²) in [6.07, 6.45) is 0. The normalized spacial score (nSPS) is 15.4. The van der Waals surface area contributed by atoms with Crippen molar-refractivity contribution in [2.75, 3.05) is 59.1 Å². The maximum Gasteiger partial charge on any atom is 0.191 e. The highest BCUT2D eigenvalue weighted by Crippen LogP contribution is 2.16. The van der Waals surface area contributed by atoms with Gasteiger partial charge in [-0.1, -0.05) is 17.7 Å². The highest BCUT2D eigenvalue weighted by molar-refractivity contribution is 14.0. The predicted molar refractivity (Wildman–Crippen MR) is 114 cm³/mol. The summed E-state index contributed by atoms with van der Waals surface area (Å²) in [5.74, 6) is 1.60. The molecule has 0 radical (unpaired) electrons. The Bertz CT molecular complexity index is 513. The Balaban J connectivity index is 0.00000312. The Morgan fingerprint density at radius 1 is 1.32 bits per heavy atom. The fourth-order valence-corrected chi connectivity index (χ4v) is 2.55. The lowest BCUT2D eigenvalue weighted by molar-refractivity contribution is 0.0394. The molecular formula is C17H28ClIN4O2. The number of aliphatic imine (C=N–C) groups is 1. The quantitative estimate of drug-likeness (QED) is 0.258. The molecule has 1 saturated heterocycles. The van der Waals surface area contributed by atoms with Gasteiger partial charge in [0.1, 0.15) is 12.4 Å². The van der Waals surface area contributed by atoms with Crippen molar-refractivity contribution in [2.24, 2.45) is 4.99 Å². The number of ether oxygens (including phenoxy) is 2. The standard InChI is InChI=1S/C17H27ClN4O2.HI/c1-2-19-17(20-6-8-22-9-12-23-13-10-22)21-7-11-24-16-5-3-4-15(18)14-16;/h3-5,14H,2,6-13H2,1H3,(H2,19,20,21);1H. The van der Waals surface area contributed by atoms with Crippen molar-refractivity contribution in [3.8, 4) is 5.75 Å². The van der Waals surface area contributed by atoms with E-state index in [9.17, 15) is 0 Å². The zero-order valence-electron chi connectivity index (χ0n) is 14.7. The number of guanidine groups is 1. The molecule has 1 aliphatic rings. The van der Waals surface area contributed by atoms with E-state index >= 15 is 0 Å². The second-order valence-corrected chi connectivity index (χ2v) is 5.88. The first kappa shape index (κ1) is 22.3. The number of nitrogens with zero attached hydrogens (tertiary/aromatic N) is 2. The maximum absolute atomic E-state index is 5.93. The van der Waals surface area contributed by atoms with Crippen LogP contribution in [0.15, 0.2) is 29.3 Å². The van der Waals surface area contributed by atoms with Gasteiger partial charge in [-0.05, 0) is 25.1 Å². The van der Waals surface area contributed by atoms with Gasteiger partial charge in [-0.2, -0.15) is 0 Å². The third-order valence-corrected chi connectivity index (χ3v) is 3.83. The van der Waals surface area contributed by atoms with Crippen LogP contribution in [0.25, 0.3) is 0 Å². The average Bonchev–Trinajstić information content (AvgIpc) is 2.60. The Morgan fingerprint density at radius 3 is 2.84 bits per heavy atom. The van der Waals surface area contributed by atoms with Crippen molar-refractivity contribution in [2.45, 2.75) is 6.92 Å². The number of nitrogens with one attached hydrogen (secondary N) is 2. The van der Waals surface area contributed by atoms with Gasteiger partial charge >= 0.3 is 0 Å². The van der Waals surface area contributed by atoms with Crippen LogP contribution in [0.4, 0.5) is 0 Å². The van der Waals surface area contributed by atoms with E-state index in [0.717, 1.165) is 57.6 Å². The van der Waals surface area contributed by atoms with E-state index in [4.69, 9.17) is 21.1 Å². The van der Waals surface area contributed by atoms with E-state index in [1.54, 1.807) is 0 Å². The first-order chi connectivity index (χ1) is 11.8. The average molecular weight is 483 g/mol. The SMILES string of the molecule is CCNC(=NCCN1CCOCC1)NCCOc1cccc(Cl)c1.I. The van der Waals surface area contributed by atoms with E-state index in [-0.39, 0.29) is 24.0 Å². The zero-order chi connectivity index (χ0) is 17.0. The van der Waals surface area contributed by atoms with E-state index in [2.05, 4.69) is 27.4 Å². The van der Waals surface area contributed by atoms with Crippen LogP contribution in [-0.4, -0.2) is 69.9 Å². The van der Waals surface area contributed by atoms with Crippen LogP contribution in [-0.2, 0) is 4.74 Å². The van der Waals surface area contributed by atoms with Gasteiger partial charge in [-0.15, -0.1) is 24.0 Å². The first-order valence-electron chi connectivity index (χ1n) is 8.48. The van der Waals surface area contributed by atoms with Gasteiger partial charge in [0.15, 0.2) is 5.96 Å². The molecule has 1 aromatic carbocycles. The summed E-state index contributed by atoms with van der Waals surface area (Å²) in [5.41, 5.74) is 0. The molecule has 0 unspecified atom stereocenters. The van der Waals surface area contributed by atoms with Crippen molar-refractivity contribution < 1.29 is 9.47 Å². The molecule has 2 N–H and O–H groups in total. The van der Waals surface area contributed by atoms with Gasteiger partial charge in [0, 0.05) is 31.2 Å². The van der Waals surface area contributed by atoms with Crippen LogP contribution >= 0.6 is 35.6 Å². The Morgan fingerprint density at radius 2 is 2.12 bits per heavy atom. The molecule has 0 spiro atoms. The molecule has 1 aliphatic heterocycles. The summed E-state index contributed by atoms with van der Waals surface area (Å²) in [6, 6.07) is 7.41. The van der Waals surface area contributed by atoms with E-state index in [1.807, 2.05) is 24.3 Å². The molecule has 1 aromatic rings. The Kier molecular flexibility index (Phi) is 12.0. The molecule has 2 rings (SSSR count). The number of benzene rings is 1. The zero-order valence-corrected chi connectivity index (χ0v) is 17.8. The summed E-state index contributed by atoms with van der Waals surface area (Å²) in [7, 11) is 0. The van der Waals surface area contributed by atoms with Gasteiger partial charge in [-0.25, -0.2) is 0 Å². The van der Waals surface area contributed by atoms with E-state index in [0.29, 0.717) is 18.2 Å². The van der Waals surface area contributed by atoms with E-state index in [1.165, 1.54) is 0 Å². The van der Waals surface area contributed by atoms with Crippen LogP contribution in [0, 0.1) is 0 Å². The van der Waals surface area contributed by atoms with Gasteiger partial charge in [0.05, 0.1) is 26.3 Å². The Hall–Kier alpha value is -0.770. The number of morpholine rings is 1. The molecule has 0 aliphatic carbocycles. The molecule has 1 fully saturated rings.